The molecule has 1 fully saturated rings. The van der Waals surface area contributed by atoms with E-state index in [1.807, 2.05) is 11.8 Å². The lowest BCUT2D eigenvalue weighted by atomic mass is 10.2. The van der Waals surface area contributed by atoms with E-state index in [1.165, 1.54) is 10.4 Å². The Labute approximate surface area is 125 Å². The van der Waals surface area contributed by atoms with Crippen LogP contribution in [0.4, 0.5) is 10.1 Å². The van der Waals surface area contributed by atoms with Gasteiger partial charge in [0.2, 0.25) is 10.0 Å². The van der Waals surface area contributed by atoms with Crippen LogP contribution in [0.15, 0.2) is 24.3 Å². The molecule has 0 spiro atoms. The Morgan fingerprint density at radius 1 is 1.24 bits per heavy atom. The summed E-state index contributed by atoms with van der Waals surface area (Å²) in [5.41, 5.74) is 6.08. The van der Waals surface area contributed by atoms with Gasteiger partial charge < -0.3 is 10.6 Å². The van der Waals surface area contributed by atoms with Crippen LogP contribution < -0.4 is 10.6 Å². The number of rotatable bonds is 5. The highest BCUT2D eigenvalue weighted by Gasteiger charge is 2.32. The fourth-order valence-corrected chi connectivity index (χ4v) is 4.36. The molecule has 2 N–H and O–H groups in total. The number of para-hydroxylation sites is 1. The van der Waals surface area contributed by atoms with Crippen molar-refractivity contribution in [2.75, 3.05) is 37.6 Å². The lowest BCUT2D eigenvalue weighted by molar-refractivity contribution is 0.376. The number of halogens is 1. The molecule has 0 bridgehead atoms. The average Bonchev–Trinajstić information content (AvgIpc) is 2.49. The second kappa shape index (κ2) is 6.72. The van der Waals surface area contributed by atoms with Crippen LogP contribution in [0.1, 0.15) is 13.3 Å². The van der Waals surface area contributed by atoms with Gasteiger partial charge in [-0.25, -0.2) is 12.8 Å². The third-order valence-electron chi connectivity index (χ3n) is 3.93. The fourth-order valence-electron chi connectivity index (χ4n) is 2.60. The van der Waals surface area contributed by atoms with E-state index in [0.717, 1.165) is 0 Å². The van der Waals surface area contributed by atoms with Gasteiger partial charge >= 0.3 is 0 Å². The standard InChI is InChI=1S/C14H22FN3O2S/c1-2-12(11-16)21(19,20)18-9-7-17(8-10-18)14-6-4-3-5-13(14)15/h3-6,12H,2,7-11,16H2,1H3. The quantitative estimate of drug-likeness (QED) is 0.881. The van der Waals surface area contributed by atoms with Crippen molar-refractivity contribution in [3.05, 3.63) is 30.1 Å². The van der Waals surface area contributed by atoms with E-state index in [0.29, 0.717) is 38.3 Å². The van der Waals surface area contributed by atoms with E-state index in [1.54, 1.807) is 18.2 Å². The zero-order chi connectivity index (χ0) is 15.5. The molecule has 7 heteroatoms. The number of nitrogens with two attached hydrogens (primary N) is 1. The summed E-state index contributed by atoms with van der Waals surface area (Å²) < 4.78 is 40.1. The van der Waals surface area contributed by atoms with Crippen LogP contribution in [0.5, 0.6) is 0 Å². The zero-order valence-electron chi connectivity index (χ0n) is 12.2. The van der Waals surface area contributed by atoms with Crippen molar-refractivity contribution in [2.24, 2.45) is 5.73 Å². The molecule has 1 unspecified atom stereocenters. The largest absolute Gasteiger partial charge is 0.367 e. The summed E-state index contributed by atoms with van der Waals surface area (Å²) in [5, 5.41) is -0.530. The van der Waals surface area contributed by atoms with E-state index >= 15 is 0 Å². The molecule has 0 saturated carbocycles. The second-order valence-electron chi connectivity index (χ2n) is 5.15. The van der Waals surface area contributed by atoms with Gasteiger partial charge in [0.1, 0.15) is 5.82 Å². The molecule has 0 aliphatic carbocycles. The Bertz CT molecular complexity index is 567. The molecule has 0 aromatic heterocycles. The summed E-state index contributed by atoms with van der Waals surface area (Å²) in [6.07, 6.45) is 0.506. The second-order valence-corrected chi connectivity index (χ2v) is 7.36. The molecule has 1 aromatic carbocycles. The molecule has 5 nitrogen and oxygen atoms in total. The Hall–Kier alpha value is -1.18. The molecule has 1 heterocycles. The number of hydrogen-bond acceptors (Lipinski definition) is 4. The van der Waals surface area contributed by atoms with Crippen molar-refractivity contribution < 1.29 is 12.8 Å². The Kier molecular flexibility index (Phi) is 5.18. The lowest BCUT2D eigenvalue weighted by Crippen LogP contribution is -2.52. The van der Waals surface area contributed by atoms with Crippen LogP contribution >= 0.6 is 0 Å². The Morgan fingerprint density at radius 2 is 1.86 bits per heavy atom. The van der Waals surface area contributed by atoms with Gasteiger partial charge in [-0.2, -0.15) is 4.31 Å². The minimum atomic E-state index is -3.35. The van der Waals surface area contributed by atoms with E-state index in [2.05, 4.69) is 0 Å². The van der Waals surface area contributed by atoms with Crippen molar-refractivity contribution in [1.29, 1.82) is 0 Å². The molecular formula is C14H22FN3O2S. The Balaban J connectivity index is 2.05. The van der Waals surface area contributed by atoms with Gasteiger partial charge in [0.05, 0.1) is 10.9 Å². The number of nitrogens with zero attached hydrogens (tertiary/aromatic N) is 2. The highest BCUT2D eigenvalue weighted by Crippen LogP contribution is 2.22. The maximum atomic E-state index is 13.8. The summed E-state index contributed by atoms with van der Waals surface area (Å²) >= 11 is 0. The fraction of sp³-hybridized carbons (Fsp3) is 0.571. The molecule has 21 heavy (non-hydrogen) atoms. The average molecular weight is 315 g/mol. The first kappa shape index (κ1) is 16.2. The highest BCUT2D eigenvalue weighted by atomic mass is 32.2. The van der Waals surface area contributed by atoms with Crippen LogP contribution in [0.3, 0.4) is 0 Å². The topological polar surface area (TPSA) is 66.6 Å². The first-order valence-corrected chi connectivity index (χ1v) is 8.69. The van der Waals surface area contributed by atoms with Gasteiger partial charge in [0, 0.05) is 32.7 Å². The van der Waals surface area contributed by atoms with Crippen molar-refractivity contribution >= 4 is 15.7 Å². The monoisotopic (exact) mass is 315 g/mol. The minimum Gasteiger partial charge on any atom is -0.367 e. The predicted octanol–water partition coefficient (Wildman–Crippen LogP) is 1.01. The normalized spacial score (nSPS) is 18.7. The first-order valence-electron chi connectivity index (χ1n) is 7.19. The number of benzene rings is 1. The molecule has 0 amide bonds. The Morgan fingerprint density at radius 3 is 2.38 bits per heavy atom. The maximum absolute atomic E-state index is 13.8. The predicted molar refractivity (Wildman–Crippen MR) is 82.2 cm³/mol. The van der Waals surface area contributed by atoms with Crippen LogP contribution in [0, 0.1) is 5.82 Å². The number of sulfonamides is 1. The molecule has 1 aliphatic rings. The summed E-state index contributed by atoms with van der Waals surface area (Å²) in [7, 11) is -3.35. The number of hydrogen-bond donors (Lipinski definition) is 1. The van der Waals surface area contributed by atoms with Gasteiger partial charge in [-0.1, -0.05) is 19.1 Å². The zero-order valence-corrected chi connectivity index (χ0v) is 13.0. The lowest BCUT2D eigenvalue weighted by Gasteiger charge is -2.36. The summed E-state index contributed by atoms with van der Waals surface area (Å²) in [6.45, 7) is 3.67. The van der Waals surface area contributed by atoms with E-state index < -0.39 is 15.3 Å². The van der Waals surface area contributed by atoms with E-state index in [4.69, 9.17) is 5.73 Å². The smallest absolute Gasteiger partial charge is 0.218 e. The minimum absolute atomic E-state index is 0.131. The molecule has 1 saturated heterocycles. The number of piperazine rings is 1. The van der Waals surface area contributed by atoms with Crippen LogP contribution in [-0.2, 0) is 10.0 Å². The number of anilines is 1. The van der Waals surface area contributed by atoms with Crippen molar-refractivity contribution in [2.45, 2.75) is 18.6 Å². The van der Waals surface area contributed by atoms with Gasteiger partial charge in [-0.15, -0.1) is 0 Å². The van der Waals surface area contributed by atoms with Gasteiger partial charge in [-0.05, 0) is 18.6 Å². The SMILES string of the molecule is CCC(CN)S(=O)(=O)N1CCN(c2ccccc2F)CC1. The molecule has 2 rings (SSSR count). The molecule has 1 aromatic rings. The van der Waals surface area contributed by atoms with E-state index in [9.17, 15) is 12.8 Å². The third-order valence-corrected chi connectivity index (χ3v) is 6.38. The highest BCUT2D eigenvalue weighted by molar-refractivity contribution is 7.89. The van der Waals surface area contributed by atoms with Gasteiger partial charge in [0.25, 0.3) is 0 Å². The van der Waals surface area contributed by atoms with Gasteiger partial charge in [-0.3, -0.25) is 0 Å². The van der Waals surface area contributed by atoms with Crippen molar-refractivity contribution in [3.63, 3.8) is 0 Å². The first-order chi connectivity index (χ1) is 10.0. The van der Waals surface area contributed by atoms with Crippen LogP contribution in [-0.4, -0.2) is 50.7 Å². The molecule has 1 aliphatic heterocycles. The summed E-state index contributed by atoms with van der Waals surface area (Å²) in [4.78, 5) is 1.88. The van der Waals surface area contributed by atoms with Crippen LogP contribution in [0.2, 0.25) is 0 Å². The molecule has 1 atom stereocenters. The third kappa shape index (κ3) is 3.36. The van der Waals surface area contributed by atoms with Crippen molar-refractivity contribution in [3.8, 4) is 0 Å². The molecular weight excluding hydrogens is 293 g/mol. The van der Waals surface area contributed by atoms with Crippen molar-refractivity contribution in [1.82, 2.24) is 4.31 Å². The van der Waals surface area contributed by atoms with E-state index in [-0.39, 0.29) is 12.4 Å². The maximum Gasteiger partial charge on any atom is 0.218 e. The molecule has 118 valence electrons. The van der Waals surface area contributed by atoms with Crippen LogP contribution in [0.25, 0.3) is 0 Å². The summed E-state index contributed by atoms with van der Waals surface area (Å²) in [6, 6.07) is 6.56. The summed E-state index contributed by atoms with van der Waals surface area (Å²) in [5.74, 6) is -0.276. The van der Waals surface area contributed by atoms with Gasteiger partial charge in [0.15, 0.2) is 0 Å². The molecule has 0 radical (unpaired) electrons.